The lowest BCUT2D eigenvalue weighted by atomic mass is 10.2. The Morgan fingerprint density at radius 2 is 2.05 bits per heavy atom. The first-order chi connectivity index (χ1) is 9.90. The van der Waals surface area contributed by atoms with Crippen LogP contribution < -0.4 is 4.74 Å². The smallest absolute Gasteiger partial charge is 0.335 e. The summed E-state index contributed by atoms with van der Waals surface area (Å²) < 4.78 is 19.1. The van der Waals surface area contributed by atoms with Crippen molar-refractivity contribution in [2.24, 2.45) is 0 Å². The van der Waals surface area contributed by atoms with E-state index >= 15 is 0 Å². The quantitative estimate of drug-likeness (QED) is 0.687. The van der Waals surface area contributed by atoms with Crippen LogP contribution in [0, 0.1) is 22.9 Å². The fourth-order valence-electron chi connectivity index (χ4n) is 1.74. The highest BCUT2D eigenvalue weighted by atomic mass is 19.1. The number of aryl methyl sites for hydroxylation is 1. The van der Waals surface area contributed by atoms with Crippen LogP contribution in [0.5, 0.6) is 11.5 Å². The second-order valence-corrected chi connectivity index (χ2v) is 4.23. The number of hydrogen-bond donors (Lipinski definition) is 1. The molecule has 2 aromatic carbocycles. The predicted octanol–water partition coefficient (Wildman–Crippen LogP) is 3.53. The van der Waals surface area contributed by atoms with Crippen LogP contribution in [-0.2, 0) is 0 Å². The SMILES string of the molecule is Cc1cccc([N+](=O)[O-])c1Oc1ccc(C(=O)O)cc1F. The van der Waals surface area contributed by atoms with Gasteiger partial charge in [-0.25, -0.2) is 9.18 Å². The molecule has 0 bridgehead atoms. The Morgan fingerprint density at radius 1 is 1.33 bits per heavy atom. The lowest BCUT2D eigenvalue weighted by Crippen LogP contribution is -2.00. The van der Waals surface area contributed by atoms with E-state index in [1.165, 1.54) is 12.1 Å². The van der Waals surface area contributed by atoms with Crippen molar-refractivity contribution in [1.82, 2.24) is 0 Å². The summed E-state index contributed by atoms with van der Waals surface area (Å²) in [4.78, 5) is 21.0. The molecule has 0 spiro atoms. The molecule has 7 heteroatoms. The minimum absolute atomic E-state index is 0.0792. The number of halogens is 1. The highest BCUT2D eigenvalue weighted by molar-refractivity contribution is 5.87. The third-order valence-electron chi connectivity index (χ3n) is 2.78. The number of carbonyl (C=O) groups is 1. The molecule has 0 aliphatic carbocycles. The van der Waals surface area contributed by atoms with Gasteiger partial charge in [0.15, 0.2) is 11.6 Å². The Balaban J connectivity index is 2.44. The third kappa shape index (κ3) is 2.97. The number of carboxylic acid groups (broad SMARTS) is 1. The number of rotatable bonds is 4. The maximum absolute atomic E-state index is 13.8. The van der Waals surface area contributed by atoms with E-state index in [1.807, 2.05) is 0 Å². The maximum Gasteiger partial charge on any atom is 0.335 e. The fraction of sp³-hybridized carbons (Fsp3) is 0.0714. The van der Waals surface area contributed by atoms with Gasteiger partial charge >= 0.3 is 11.7 Å². The van der Waals surface area contributed by atoms with E-state index in [0.717, 1.165) is 18.2 Å². The summed E-state index contributed by atoms with van der Waals surface area (Å²) in [6.45, 7) is 1.59. The number of nitro groups is 1. The largest absolute Gasteiger partial charge is 0.478 e. The standard InChI is InChI=1S/C14H10FNO5/c1-8-3-2-4-11(16(19)20)13(8)21-12-6-5-9(14(17)18)7-10(12)15/h2-7H,1H3,(H,17,18). The third-order valence-corrected chi connectivity index (χ3v) is 2.78. The summed E-state index contributed by atoms with van der Waals surface area (Å²) in [7, 11) is 0. The van der Waals surface area contributed by atoms with Crippen molar-refractivity contribution in [1.29, 1.82) is 0 Å². The molecule has 6 nitrogen and oxygen atoms in total. The van der Waals surface area contributed by atoms with Crippen molar-refractivity contribution in [2.45, 2.75) is 6.92 Å². The van der Waals surface area contributed by atoms with Crippen LogP contribution in [0.15, 0.2) is 36.4 Å². The van der Waals surface area contributed by atoms with Crippen molar-refractivity contribution < 1.29 is 24.0 Å². The minimum Gasteiger partial charge on any atom is -0.478 e. The van der Waals surface area contributed by atoms with Gasteiger partial charge in [0.25, 0.3) is 0 Å². The van der Waals surface area contributed by atoms with Crippen LogP contribution in [0.1, 0.15) is 15.9 Å². The zero-order valence-corrected chi connectivity index (χ0v) is 10.9. The lowest BCUT2D eigenvalue weighted by Gasteiger charge is -2.10. The van der Waals surface area contributed by atoms with E-state index in [-0.39, 0.29) is 22.7 Å². The normalized spacial score (nSPS) is 10.2. The number of nitrogens with zero attached hydrogens (tertiary/aromatic N) is 1. The minimum atomic E-state index is -1.28. The summed E-state index contributed by atoms with van der Waals surface area (Å²) in [5.41, 5.74) is -0.0678. The second-order valence-electron chi connectivity index (χ2n) is 4.23. The van der Waals surface area contributed by atoms with Gasteiger partial charge in [0.2, 0.25) is 5.75 Å². The molecule has 0 heterocycles. The molecule has 0 aliphatic heterocycles. The molecule has 0 fully saturated rings. The van der Waals surface area contributed by atoms with Gasteiger partial charge in [0.05, 0.1) is 10.5 Å². The predicted molar refractivity (Wildman–Crippen MR) is 71.3 cm³/mol. The molecule has 1 N–H and O–H groups in total. The monoisotopic (exact) mass is 291 g/mol. The van der Waals surface area contributed by atoms with E-state index in [0.29, 0.717) is 5.56 Å². The molecule has 2 aromatic rings. The van der Waals surface area contributed by atoms with Gasteiger partial charge in [-0.05, 0) is 30.7 Å². The molecule has 0 atom stereocenters. The van der Waals surface area contributed by atoms with Gasteiger partial charge in [-0.3, -0.25) is 10.1 Å². The summed E-state index contributed by atoms with van der Waals surface area (Å²) in [6.07, 6.45) is 0. The van der Waals surface area contributed by atoms with E-state index < -0.39 is 16.7 Å². The molecule has 2 rings (SSSR count). The number of nitro benzene ring substituents is 1. The topological polar surface area (TPSA) is 89.7 Å². The molecular weight excluding hydrogens is 281 g/mol. The van der Waals surface area contributed by atoms with E-state index in [2.05, 4.69) is 0 Å². The van der Waals surface area contributed by atoms with Gasteiger partial charge in [-0.15, -0.1) is 0 Å². The Bertz CT molecular complexity index is 729. The number of carboxylic acids is 1. The van der Waals surface area contributed by atoms with Gasteiger partial charge < -0.3 is 9.84 Å². The molecular formula is C14H10FNO5. The average molecular weight is 291 g/mol. The summed E-state index contributed by atoms with van der Waals surface area (Å²) in [5.74, 6) is -2.54. The number of aromatic carboxylic acids is 1. The van der Waals surface area contributed by atoms with Crippen LogP contribution in [-0.4, -0.2) is 16.0 Å². The summed E-state index contributed by atoms with van der Waals surface area (Å²) >= 11 is 0. The lowest BCUT2D eigenvalue weighted by molar-refractivity contribution is -0.385. The van der Waals surface area contributed by atoms with Crippen LogP contribution in [0.25, 0.3) is 0 Å². The average Bonchev–Trinajstić information content (AvgIpc) is 2.42. The molecule has 0 unspecified atom stereocenters. The number of benzene rings is 2. The molecule has 0 aromatic heterocycles. The van der Waals surface area contributed by atoms with Crippen molar-refractivity contribution in [3.63, 3.8) is 0 Å². The van der Waals surface area contributed by atoms with Crippen LogP contribution in [0.4, 0.5) is 10.1 Å². The number of para-hydroxylation sites is 1. The van der Waals surface area contributed by atoms with Gasteiger partial charge in [-0.1, -0.05) is 12.1 Å². The van der Waals surface area contributed by atoms with Gasteiger partial charge in [0.1, 0.15) is 0 Å². The van der Waals surface area contributed by atoms with Crippen molar-refractivity contribution in [2.75, 3.05) is 0 Å². The zero-order chi connectivity index (χ0) is 15.6. The zero-order valence-electron chi connectivity index (χ0n) is 10.9. The maximum atomic E-state index is 13.8. The Hall–Kier alpha value is -2.96. The first-order valence-corrected chi connectivity index (χ1v) is 5.85. The van der Waals surface area contributed by atoms with Crippen molar-refractivity contribution in [3.05, 3.63) is 63.5 Å². The summed E-state index contributed by atoms with van der Waals surface area (Å²) in [5, 5.41) is 19.7. The van der Waals surface area contributed by atoms with Crippen molar-refractivity contribution >= 4 is 11.7 Å². The van der Waals surface area contributed by atoms with E-state index in [9.17, 15) is 19.3 Å². The Labute approximate surface area is 118 Å². The molecule has 0 radical (unpaired) electrons. The molecule has 0 saturated heterocycles. The van der Waals surface area contributed by atoms with Crippen LogP contribution >= 0.6 is 0 Å². The molecule has 21 heavy (non-hydrogen) atoms. The Kier molecular flexibility index (Phi) is 3.84. The first-order valence-electron chi connectivity index (χ1n) is 5.85. The number of ether oxygens (including phenoxy) is 1. The first kappa shape index (κ1) is 14.4. The second kappa shape index (κ2) is 5.58. The number of hydrogen-bond acceptors (Lipinski definition) is 4. The van der Waals surface area contributed by atoms with Crippen LogP contribution in [0.2, 0.25) is 0 Å². The van der Waals surface area contributed by atoms with Crippen molar-refractivity contribution in [3.8, 4) is 11.5 Å². The summed E-state index contributed by atoms with van der Waals surface area (Å²) in [6, 6.07) is 7.39. The van der Waals surface area contributed by atoms with Gasteiger partial charge in [0, 0.05) is 6.07 Å². The fourth-order valence-corrected chi connectivity index (χ4v) is 1.74. The molecule has 0 aliphatic rings. The molecule has 0 saturated carbocycles. The molecule has 0 amide bonds. The molecule has 108 valence electrons. The highest BCUT2D eigenvalue weighted by Crippen LogP contribution is 2.35. The van der Waals surface area contributed by atoms with Crippen LogP contribution in [0.3, 0.4) is 0 Å². The van der Waals surface area contributed by atoms with Gasteiger partial charge in [-0.2, -0.15) is 0 Å². The Morgan fingerprint density at radius 3 is 2.62 bits per heavy atom. The highest BCUT2D eigenvalue weighted by Gasteiger charge is 2.19. The van der Waals surface area contributed by atoms with E-state index in [4.69, 9.17) is 9.84 Å². The van der Waals surface area contributed by atoms with E-state index in [1.54, 1.807) is 13.0 Å².